The van der Waals surface area contributed by atoms with Crippen LogP contribution in [-0.4, -0.2) is 19.1 Å². The summed E-state index contributed by atoms with van der Waals surface area (Å²) in [6.07, 6.45) is 0. The van der Waals surface area contributed by atoms with Gasteiger partial charge in [-0.1, -0.05) is 146 Å². The molecule has 360 valence electrons. The van der Waals surface area contributed by atoms with Gasteiger partial charge in [0, 0.05) is 78.2 Å². The summed E-state index contributed by atoms with van der Waals surface area (Å²) in [6, 6.07) is 95.5. The van der Waals surface area contributed by atoms with Gasteiger partial charge in [0.2, 0.25) is 0 Å². The zero-order valence-electron chi connectivity index (χ0n) is 42.1. The summed E-state index contributed by atoms with van der Waals surface area (Å²) in [4.78, 5) is 15.7. The fraction of sp³-hybridized carbons (Fsp3) is 0.0286. The molecule has 0 saturated heterocycles. The van der Waals surface area contributed by atoms with E-state index in [0.717, 1.165) is 90.2 Å². The molecule has 11 aromatic carbocycles. The number of aryl methyl sites for hydroxylation is 2. The van der Waals surface area contributed by atoms with Crippen molar-refractivity contribution in [2.45, 2.75) is 13.8 Å². The Morgan fingerprint density at radius 1 is 0.276 bits per heavy atom. The molecule has 76 heavy (non-hydrogen) atoms. The minimum absolute atomic E-state index is 0.835. The molecule has 0 bridgehead atoms. The number of rotatable bonds is 10. The maximum Gasteiger partial charge on any atom is 0.0973 e. The zero-order chi connectivity index (χ0) is 50.7. The van der Waals surface area contributed by atoms with Crippen molar-refractivity contribution < 1.29 is 0 Å². The average molecular weight is 975 g/mol. The molecule has 0 N–H and O–H groups in total. The molecule has 0 unspecified atom stereocenters. The second-order valence-electron chi connectivity index (χ2n) is 19.5. The van der Waals surface area contributed by atoms with Gasteiger partial charge in [0.1, 0.15) is 0 Å². The maximum atomic E-state index is 5.50. The van der Waals surface area contributed by atoms with Gasteiger partial charge in [-0.3, -0.25) is 0 Å². The number of fused-ring (bicyclic) bond motifs is 7. The van der Waals surface area contributed by atoms with Crippen LogP contribution in [0, 0.1) is 13.8 Å². The number of para-hydroxylation sites is 6. The molecule has 6 nitrogen and oxygen atoms in total. The van der Waals surface area contributed by atoms with Crippen molar-refractivity contribution in [3.05, 3.63) is 278 Å². The lowest BCUT2D eigenvalue weighted by Crippen LogP contribution is -2.10. The van der Waals surface area contributed by atoms with E-state index in [4.69, 9.17) is 9.97 Å². The minimum Gasteiger partial charge on any atom is -0.310 e. The number of anilines is 6. The summed E-state index contributed by atoms with van der Waals surface area (Å²) in [7, 11) is 0. The highest BCUT2D eigenvalue weighted by Crippen LogP contribution is 2.44. The maximum absolute atomic E-state index is 5.50. The molecule has 6 heteroatoms. The average Bonchev–Trinajstić information content (AvgIpc) is 4.09. The normalized spacial score (nSPS) is 11.6. The Morgan fingerprint density at radius 2 is 0.592 bits per heavy atom. The minimum atomic E-state index is 0.835. The van der Waals surface area contributed by atoms with Crippen molar-refractivity contribution in [2.75, 3.05) is 9.80 Å². The monoisotopic (exact) mass is 974 g/mol. The van der Waals surface area contributed by atoms with Crippen LogP contribution in [0.4, 0.5) is 34.1 Å². The number of hydrogen-bond donors (Lipinski definition) is 0. The van der Waals surface area contributed by atoms with E-state index in [2.05, 4.69) is 300 Å². The van der Waals surface area contributed by atoms with Gasteiger partial charge in [-0.2, -0.15) is 0 Å². The quantitative estimate of drug-likeness (QED) is 0.137. The van der Waals surface area contributed by atoms with Crippen molar-refractivity contribution in [1.82, 2.24) is 19.1 Å². The fourth-order valence-electron chi connectivity index (χ4n) is 11.3. The Labute approximate surface area is 441 Å². The Balaban J connectivity index is 0.870. The molecule has 0 radical (unpaired) electrons. The van der Waals surface area contributed by atoms with Crippen LogP contribution in [0.2, 0.25) is 0 Å². The third-order valence-electron chi connectivity index (χ3n) is 14.9. The third-order valence-corrected chi connectivity index (χ3v) is 14.9. The first-order valence-corrected chi connectivity index (χ1v) is 25.9. The standard InChI is InChI=1S/C70H50N6/c1-47-31-32-48(2)68-67(47)71-69(49-33-37-55(38-34-49)73(51-19-7-3-8-20-51)57-41-43-65-61(45-57)59-27-15-17-29-63(59)75(65)53-23-11-5-12-24-53)70(72-68)50-35-39-56(40-36-50)74(52-21-9-4-10-22-52)58-42-44-66-62(46-58)60-28-16-18-30-64(60)76(66)54-25-13-6-14-26-54/h3-46H,1-2H3. The van der Waals surface area contributed by atoms with Crippen LogP contribution in [0.15, 0.2) is 267 Å². The molecule has 0 saturated carbocycles. The molecular formula is C70H50N6. The summed E-state index contributed by atoms with van der Waals surface area (Å²) in [6.45, 7) is 4.25. The van der Waals surface area contributed by atoms with E-state index in [0.29, 0.717) is 0 Å². The van der Waals surface area contributed by atoms with Gasteiger partial charge in [0.05, 0.1) is 44.5 Å². The van der Waals surface area contributed by atoms with Crippen molar-refractivity contribution in [3.63, 3.8) is 0 Å². The van der Waals surface area contributed by atoms with E-state index in [1.54, 1.807) is 0 Å². The molecular weight excluding hydrogens is 925 g/mol. The van der Waals surface area contributed by atoms with Gasteiger partial charge in [-0.15, -0.1) is 0 Å². The van der Waals surface area contributed by atoms with Crippen LogP contribution < -0.4 is 9.80 Å². The molecule has 0 aliphatic carbocycles. The van der Waals surface area contributed by atoms with Crippen molar-refractivity contribution in [1.29, 1.82) is 0 Å². The molecule has 0 amide bonds. The van der Waals surface area contributed by atoms with Crippen molar-refractivity contribution in [3.8, 4) is 33.9 Å². The van der Waals surface area contributed by atoms with E-state index in [1.165, 1.54) is 43.6 Å². The van der Waals surface area contributed by atoms with E-state index in [-0.39, 0.29) is 0 Å². The fourth-order valence-corrected chi connectivity index (χ4v) is 11.3. The lowest BCUT2D eigenvalue weighted by molar-refractivity contribution is 1.18. The van der Waals surface area contributed by atoms with Gasteiger partial charge in [-0.05, 0) is 146 Å². The first-order chi connectivity index (χ1) is 37.5. The van der Waals surface area contributed by atoms with Crippen LogP contribution in [0.5, 0.6) is 0 Å². The smallest absolute Gasteiger partial charge is 0.0973 e. The van der Waals surface area contributed by atoms with Crippen LogP contribution >= 0.6 is 0 Å². The number of hydrogen-bond acceptors (Lipinski definition) is 4. The Bertz CT molecular complexity index is 4160. The summed E-state index contributed by atoms with van der Waals surface area (Å²) in [5.74, 6) is 0. The molecule has 14 rings (SSSR count). The first kappa shape index (κ1) is 44.6. The highest BCUT2D eigenvalue weighted by molar-refractivity contribution is 6.12. The second kappa shape index (κ2) is 18.5. The predicted molar refractivity (Wildman–Crippen MR) is 318 cm³/mol. The predicted octanol–water partition coefficient (Wildman–Crippen LogP) is 18.7. The van der Waals surface area contributed by atoms with Crippen LogP contribution in [0.3, 0.4) is 0 Å². The van der Waals surface area contributed by atoms with E-state index in [1.807, 2.05) is 0 Å². The highest BCUT2D eigenvalue weighted by atomic mass is 15.1. The molecule has 14 aromatic rings. The van der Waals surface area contributed by atoms with Gasteiger partial charge >= 0.3 is 0 Å². The molecule has 0 fully saturated rings. The number of benzene rings is 11. The van der Waals surface area contributed by atoms with Crippen molar-refractivity contribution >= 4 is 88.8 Å². The van der Waals surface area contributed by atoms with E-state index < -0.39 is 0 Å². The summed E-state index contributed by atoms with van der Waals surface area (Å²) < 4.78 is 4.72. The summed E-state index contributed by atoms with van der Waals surface area (Å²) in [5.41, 5.74) is 21.0. The van der Waals surface area contributed by atoms with Crippen LogP contribution in [-0.2, 0) is 0 Å². The van der Waals surface area contributed by atoms with Gasteiger partial charge in [-0.25, -0.2) is 9.97 Å². The number of nitrogens with zero attached hydrogens (tertiary/aromatic N) is 6. The van der Waals surface area contributed by atoms with Crippen molar-refractivity contribution in [2.24, 2.45) is 0 Å². The molecule has 0 spiro atoms. The molecule has 0 atom stereocenters. The highest BCUT2D eigenvalue weighted by Gasteiger charge is 2.22. The van der Waals surface area contributed by atoms with Gasteiger partial charge in [0.15, 0.2) is 0 Å². The largest absolute Gasteiger partial charge is 0.310 e. The lowest BCUT2D eigenvalue weighted by atomic mass is 10.0. The summed E-state index contributed by atoms with van der Waals surface area (Å²) in [5, 5.41) is 4.82. The Hall–Kier alpha value is -10.0. The van der Waals surface area contributed by atoms with Gasteiger partial charge in [0.25, 0.3) is 0 Å². The molecule has 0 aliphatic rings. The topological polar surface area (TPSA) is 42.1 Å². The Morgan fingerprint density at radius 3 is 0.987 bits per heavy atom. The molecule has 0 aliphatic heterocycles. The molecule has 3 aromatic heterocycles. The van der Waals surface area contributed by atoms with Crippen LogP contribution in [0.25, 0.3) is 88.5 Å². The second-order valence-corrected chi connectivity index (χ2v) is 19.5. The van der Waals surface area contributed by atoms with Gasteiger partial charge < -0.3 is 18.9 Å². The number of aromatic nitrogens is 4. The zero-order valence-corrected chi connectivity index (χ0v) is 42.1. The Kier molecular flexibility index (Phi) is 10.8. The van der Waals surface area contributed by atoms with E-state index in [9.17, 15) is 0 Å². The molecule has 3 heterocycles. The first-order valence-electron chi connectivity index (χ1n) is 25.9. The third kappa shape index (κ3) is 7.57. The SMILES string of the molecule is Cc1ccc(C)c2nc(-c3ccc(N(c4ccccc4)c4ccc5c(c4)c4ccccc4n5-c4ccccc4)cc3)c(-c3ccc(N(c4ccccc4)c4ccc5c(c4)c4ccccc4n5-c4ccccc4)cc3)nc12. The summed E-state index contributed by atoms with van der Waals surface area (Å²) >= 11 is 0. The lowest BCUT2D eigenvalue weighted by Gasteiger charge is -2.26. The van der Waals surface area contributed by atoms with E-state index >= 15 is 0 Å². The van der Waals surface area contributed by atoms with Crippen LogP contribution in [0.1, 0.15) is 11.1 Å².